The minimum absolute atomic E-state index is 0.0853. The predicted molar refractivity (Wildman–Crippen MR) is 75.9 cm³/mol. The van der Waals surface area contributed by atoms with Crippen LogP contribution in [0.1, 0.15) is 46.5 Å². The highest BCUT2D eigenvalue weighted by Crippen LogP contribution is 2.41. The van der Waals surface area contributed by atoms with Crippen LogP contribution in [0.15, 0.2) is 0 Å². The lowest BCUT2D eigenvalue weighted by Crippen LogP contribution is -2.44. The summed E-state index contributed by atoms with van der Waals surface area (Å²) in [6.45, 7) is 11.3. The van der Waals surface area contributed by atoms with Gasteiger partial charge < -0.3 is 4.43 Å². The van der Waals surface area contributed by atoms with Crippen molar-refractivity contribution >= 4 is 8.32 Å². The molecule has 0 aromatic rings. The van der Waals surface area contributed by atoms with E-state index in [1.807, 2.05) is 0 Å². The summed E-state index contributed by atoms with van der Waals surface area (Å²) in [6, 6.07) is 0. The average Bonchev–Trinajstić information content (AvgIpc) is 2.59. The van der Waals surface area contributed by atoms with Crippen molar-refractivity contribution in [3.05, 3.63) is 10.1 Å². The Labute approximate surface area is 111 Å². The Balaban J connectivity index is 2.57. The quantitative estimate of drug-likeness (QED) is 0.434. The molecule has 0 amide bonds. The third-order valence-electron chi connectivity index (χ3n) is 4.52. The lowest BCUT2D eigenvalue weighted by Gasteiger charge is -2.39. The van der Waals surface area contributed by atoms with E-state index in [1.54, 1.807) is 0 Å². The van der Waals surface area contributed by atoms with E-state index >= 15 is 0 Å². The summed E-state index contributed by atoms with van der Waals surface area (Å²) in [4.78, 5) is 10.3. The van der Waals surface area contributed by atoms with Crippen LogP contribution in [-0.2, 0) is 4.43 Å². The molecule has 0 aliphatic heterocycles. The van der Waals surface area contributed by atoms with Gasteiger partial charge in [-0.05, 0) is 36.9 Å². The predicted octanol–water partition coefficient (Wildman–Crippen LogP) is 3.84. The molecule has 0 heterocycles. The highest BCUT2D eigenvalue weighted by Gasteiger charge is 2.41. The summed E-state index contributed by atoms with van der Waals surface area (Å²) in [5, 5.41) is 10.7. The fourth-order valence-electron chi connectivity index (χ4n) is 2.31. The molecule has 1 aliphatic carbocycles. The average molecular weight is 273 g/mol. The van der Waals surface area contributed by atoms with Crippen LogP contribution in [0.5, 0.6) is 0 Å². The molecule has 0 aromatic carbocycles. The molecule has 2 atom stereocenters. The molecule has 0 spiro atoms. The Morgan fingerprint density at radius 2 is 1.94 bits per heavy atom. The first-order valence-corrected chi connectivity index (χ1v) is 9.84. The van der Waals surface area contributed by atoms with Gasteiger partial charge in [0.2, 0.25) is 6.54 Å². The van der Waals surface area contributed by atoms with Gasteiger partial charge in [-0.15, -0.1) is 0 Å². The first-order valence-electron chi connectivity index (χ1n) is 6.93. The Bertz CT molecular complexity index is 299. The number of hydrogen-bond acceptors (Lipinski definition) is 3. The maximum absolute atomic E-state index is 10.5. The molecule has 0 aromatic heterocycles. The number of nitro groups is 1. The van der Waals surface area contributed by atoms with Gasteiger partial charge in [-0.2, -0.15) is 0 Å². The van der Waals surface area contributed by atoms with Crippen molar-refractivity contribution in [1.29, 1.82) is 0 Å². The van der Waals surface area contributed by atoms with Gasteiger partial charge >= 0.3 is 0 Å². The van der Waals surface area contributed by atoms with Crippen molar-refractivity contribution in [2.45, 2.75) is 70.7 Å². The smallest absolute Gasteiger partial charge is 0.204 e. The Morgan fingerprint density at radius 3 is 2.44 bits per heavy atom. The van der Waals surface area contributed by atoms with Crippen LogP contribution in [0.3, 0.4) is 0 Å². The Morgan fingerprint density at radius 1 is 1.33 bits per heavy atom. The van der Waals surface area contributed by atoms with Gasteiger partial charge in [0.15, 0.2) is 8.32 Å². The lowest BCUT2D eigenvalue weighted by atomic mass is 10.0. The summed E-state index contributed by atoms with van der Waals surface area (Å²) in [7, 11) is -1.74. The zero-order chi connectivity index (χ0) is 14.0. The van der Waals surface area contributed by atoms with E-state index in [9.17, 15) is 10.1 Å². The van der Waals surface area contributed by atoms with Crippen molar-refractivity contribution in [3.8, 4) is 0 Å². The third-order valence-corrected chi connectivity index (χ3v) is 9.03. The molecule has 0 bridgehead atoms. The highest BCUT2D eigenvalue weighted by atomic mass is 28.4. The molecule has 0 saturated heterocycles. The molecule has 1 rings (SSSR count). The third kappa shape index (κ3) is 4.05. The monoisotopic (exact) mass is 273 g/mol. The van der Waals surface area contributed by atoms with Crippen molar-refractivity contribution in [1.82, 2.24) is 0 Å². The molecule has 1 saturated carbocycles. The van der Waals surface area contributed by atoms with Crippen LogP contribution in [0.25, 0.3) is 0 Å². The second kappa shape index (κ2) is 5.69. The van der Waals surface area contributed by atoms with Crippen molar-refractivity contribution < 1.29 is 9.35 Å². The lowest BCUT2D eigenvalue weighted by molar-refractivity contribution is -0.481. The molecule has 0 N–H and O–H groups in total. The second-order valence-corrected chi connectivity index (χ2v) is 11.7. The van der Waals surface area contributed by atoms with Gasteiger partial charge in [-0.3, -0.25) is 10.1 Å². The summed E-state index contributed by atoms with van der Waals surface area (Å²) in [5.41, 5.74) is 0. The van der Waals surface area contributed by atoms with Crippen LogP contribution < -0.4 is 0 Å². The summed E-state index contributed by atoms with van der Waals surface area (Å²) in [5.74, 6) is 0.393. The zero-order valence-electron chi connectivity index (χ0n) is 12.4. The molecule has 1 aliphatic rings. The topological polar surface area (TPSA) is 52.4 Å². The fourth-order valence-corrected chi connectivity index (χ4v) is 3.74. The summed E-state index contributed by atoms with van der Waals surface area (Å²) in [6.07, 6.45) is 4.25. The van der Waals surface area contributed by atoms with Crippen molar-refractivity contribution in [3.63, 3.8) is 0 Å². The summed E-state index contributed by atoms with van der Waals surface area (Å²) >= 11 is 0. The van der Waals surface area contributed by atoms with E-state index in [-0.39, 0.29) is 22.6 Å². The second-order valence-electron chi connectivity index (χ2n) is 6.95. The molecule has 18 heavy (non-hydrogen) atoms. The van der Waals surface area contributed by atoms with Gasteiger partial charge in [-0.25, -0.2) is 0 Å². The fraction of sp³-hybridized carbons (Fsp3) is 1.00. The number of hydrogen-bond donors (Lipinski definition) is 0. The van der Waals surface area contributed by atoms with Crippen LogP contribution >= 0.6 is 0 Å². The molecular formula is C13H27NO3Si. The maximum atomic E-state index is 10.5. The van der Waals surface area contributed by atoms with E-state index in [4.69, 9.17) is 4.43 Å². The Kier molecular flexibility index (Phi) is 4.95. The van der Waals surface area contributed by atoms with Crippen LogP contribution in [0.4, 0.5) is 0 Å². The standard InChI is InChI=1S/C13H27NO3Si/c1-13(2,3)18(4,5)17-12-8-6-7-11(12)9-10-14(15)16/h11-12H,6-10H2,1-5H3. The number of nitrogens with zero attached hydrogens (tertiary/aromatic N) is 1. The minimum Gasteiger partial charge on any atom is -0.414 e. The Hall–Kier alpha value is -0.423. The van der Waals surface area contributed by atoms with Crippen LogP contribution in [0.2, 0.25) is 18.1 Å². The molecule has 4 nitrogen and oxygen atoms in total. The molecule has 5 heteroatoms. The first-order chi connectivity index (χ1) is 8.13. The SMILES string of the molecule is CC(C)(C)[Si](C)(C)OC1CCCC1CC[N+](=O)[O-]. The largest absolute Gasteiger partial charge is 0.414 e. The normalized spacial score (nSPS) is 25.4. The molecule has 1 fully saturated rings. The van der Waals surface area contributed by atoms with E-state index in [0.717, 1.165) is 19.3 Å². The minimum atomic E-state index is -1.74. The van der Waals surface area contributed by atoms with Gasteiger partial charge in [0, 0.05) is 17.4 Å². The van der Waals surface area contributed by atoms with Gasteiger partial charge in [0.1, 0.15) is 0 Å². The first kappa shape index (κ1) is 15.6. The van der Waals surface area contributed by atoms with Gasteiger partial charge in [0.25, 0.3) is 0 Å². The zero-order valence-corrected chi connectivity index (χ0v) is 13.4. The number of rotatable bonds is 5. The van der Waals surface area contributed by atoms with Gasteiger partial charge in [0.05, 0.1) is 0 Å². The van der Waals surface area contributed by atoms with Crippen LogP contribution in [0, 0.1) is 16.0 Å². The van der Waals surface area contributed by atoms with E-state index in [0.29, 0.717) is 12.3 Å². The van der Waals surface area contributed by atoms with E-state index in [2.05, 4.69) is 33.9 Å². The van der Waals surface area contributed by atoms with Crippen molar-refractivity contribution in [2.75, 3.05) is 6.54 Å². The molecule has 106 valence electrons. The highest BCUT2D eigenvalue weighted by molar-refractivity contribution is 6.74. The van der Waals surface area contributed by atoms with E-state index in [1.165, 1.54) is 0 Å². The van der Waals surface area contributed by atoms with Gasteiger partial charge in [-0.1, -0.05) is 27.2 Å². The molecule has 0 radical (unpaired) electrons. The van der Waals surface area contributed by atoms with Crippen LogP contribution in [-0.4, -0.2) is 25.9 Å². The van der Waals surface area contributed by atoms with Crippen molar-refractivity contribution in [2.24, 2.45) is 5.92 Å². The van der Waals surface area contributed by atoms with E-state index < -0.39 is 8.32 Å². The molecule has 2 unspecified atom stereocenters. The maximum Gasteiger partial charge on any atom is 0.204 e. The summed E-state index contributed by atoms with van der Waals surface area (Å²) < 4.78 is 6.42. The molecular weight excluding hydrogens is 246 g/mol.